The third-order valence-corrected chi connectivity index (χ3v) is 7.44. The summed E-state index contributed by atoms with van der Waals surface area (Å²) < 4.78 is 1.15. The van der Waals surface area contributed by atoms with Crippen molar-refractivity contribution in [2.45, 2.75) is 38.8 Å². The number of aromatic nitrogens is 2. The average molecular weight is 449 g/mol. The highest BCUT2D eigenvalue weighted by molar-refractivity contribution is 9.11. The van der Waals surface area contributed by atoms with Gasteiger partial charge in [0.25, 0.3) is 0 Å². The van der Waals surface area contributed by atoms with Crippen molar-refractivity contribution in [2.24, 2.45) is 0 Å². The first-order chi connectivity index (χ1) is 12.6. The topological polar surface area (TPSA) is 55.0 Å². The fourth-order valence-electron chi connectivity index (χ4n) is 3.53. The van der Waals surface area contributed by atoms with Gasteiger partial charge < -0.3 is 5.73 Å². The van der Waals surface area contributed by atoms with Gasteiger partial charge >= 0.3 is 0 Å². The van der Waals surface area contributed by atoms with Crippen LogP contribution < -0.4 is 5.73 Å². The van der Waals surface area contributed by atoms with Crippen LogP contribution >= 0.6 is 38.6 Å². The van der Waals surface area contributed by atoms with Gasteiger partial charge in [0.05, 0.1) is 15.7 Å². The molecule has 0 spiro atoms. The highest BCUT2D eigenvalue weighted by Crippen LogP contribution is 2.37. The third-order valence-electron chi connectivity index (χ3n) is 4.65. The molecule has 7 heteroatoms. The number of thiophene rings is 2. The van der Waals surface area contributed by atoms with E-state index in [0.717, 1.165) is 45.8 Å². The zero-order valence-electron chi connectivity index (χ0n) is 14.5. The molecular weight excluding hydrogens is 428 g/mol. The van der Waals surface area contributed by atoms with Crippen molar-refractivity contribution in [3.8, 4) is 0 Å². The minimum atomic E-state index is 0.641. The molecule has 4 rings (SSSR count). The molecule has 0 aromatic carbocycles. The molecule has 2 N–H and O–H groups in total. The number of nitrogen functional groups attached to an aromatic ring is 1. The van der Waals surface area contributed by atoms with Gasteiger partial charge in [0.2, 0.25) is 0 Å². The first kappa shape index (κ1) is 18.1. The van der Waals surface area contributed by atoms with Crippen LogP contribution in [0.4, 0.5) is 5.82 Å². The summed E-state index contributed by atoms with van der Waals surface area (Å²) in [6.45, 7) is 6.20. The molecule has 0 saturated carbocycles. The quantitative estimate of drug-likeness (QED) is 0.528. The molecular formula is C19H21BrN4S2. The van der Waals surface area contributed by atoms with Crippen molar-refractivity contribution in [3.05, 3.63) is 49.7 Å². The van der Waals surface area contributed by atoms with Crippen molar-refractivity contribution in [1.29, 1.82) is 0 Å². The number of hydrogen-bond donors (Lipinski definition) is 1. The first-order valence-corrected chi connectivity index (χ1v) is 11.2. The van der Waals surface area contributed by atoms with Crippen LogP contribution in [0.25, 0.3) is 10.2 Å². The van der Waals surface area contributed by atoms with Gasteiger partial charge in [-0.3, -0.25) is 4.90 Å². The summed E-state index contributed by atoms with van der Waals surface area (Å²) in [5, 5.41) is 1.10. The molecule has 1 aliphatic carbocycles. The molecule has 0 amide bonds. The summed E-state index contributed by atoms with van der Waals surface area (Å²) in [7, 11) is 0. The summed E-state index contributed by atoms with van der Waals surface area (Å²) in [4.78, 5) is 15.6. The van der Waals surface area contributed by atoms with Crippen LogP contribution in [0.1, 0.15) is 34.0 Å². The maximum Gasteiger partial charge on any atom is 0.146 e. The van der Waals surface area contributed by atoms with Gasteiger partial charge in [-0.2, -0.15) is 0 Å². The Morgan fingerprint density at radius 3 is 2.81 bits per heavy atom. The van der Waals surface area contributed by atoms with Crippen LogP contribution in [-0.2, 0) is 25.9 Å². The lowest BCUT2D eigenvalue weighted by Crippen LogP contribution is -2.23. The van der Waals surface area contributed by atoms with E-state index in [9.17, 15) is 0 Å². The second kappa shape index (κ2) is 7.76. The maximum atomic E-state index is 6.34. The SMILES string of the molecule is C=CCN(Cc1nc(N)c2c3c(sc2n1)CCCC3)Cc1ccc(Br)s1. The second-order valence-corrected chi connectivity index (χ2v) is 10.2. The van der Waals surface area contributed by atoms with Gasteiger partial charge in [0, 0.05) is 22.8 Å². The summed E-state index contributed by atoms with van der Waals surface area (Å²) >= 11 is 7.09. The largest absolute Gasteiger partial charge is 0.383 e. The van der Waals surface area contributed by atoms with Crippen molar-refractivity contribution >= 4 is 54.6 Å². The summed E-state index contributed by atoms with van der Waals surface area (Å²) in [6, 6.07) is 4.24. The lowest BCUT2D eigenvalue weighted by molar-refractivity contribution is 0.282. The molecule has 0 radical (unpaired) electrons. The molecule has 4 nitrogen and oxygen atoms in total. The van der Waals surface area contributed by atoms with Gasteiger partial charge in [-0.05, 0) is 59.3 Å². The number of halogens is 1. The lowest BCUT2D eigenvalue weighted by Gasteiger charge is -2.19. The van der Waals surface area contributed by atoms with Crippen molar-refractivity contribution < 1.29 is 0 Å². The Bertz CT molecular complexity index is 947. The highest BCUT2D eigenvalue weighted by atomic mass is 79.9. The van der Waals surface area contributed by atoms with Crippen molar-refractivity contribution in [1.82, 2.24) is 14.9 Å². The van der Waals surface area contributed by atoms with E-state index in [1.54, 1.807) is 22.7 Å². The van der Waals surface area contributed by atoms with Gasteiger partial charge in [-0.1, -0.05) is 6.08 Å². The van der Waals surface area contributed by atoms with Crippen LogP contribution in [0, 0.1) is 0 Å². The van der Waals surface area contributed by atoms with Gasteiger partial charge in [0.15, 0.2) is 0 Å². The smallest absolute Gasteiger partial charge is 0.146 e. The van der Waals surface area contributed by atoms with Crippen LogP contribution in [-0.4, -0.2) is 21.4 Å². The van der Waals surface area contributed by atoms with Crippen molar-refractivity contribution in [2.75, 3.05) is 12.3 Å². The lowest BCUT2D eigenvalue weighted by atomic mass is 9.97. The number of nitrogens with zero attached hydrogens (tertiary/aromatic N) is 3. The Balaban J connectivity index is 1.61. The van der Waals surface area contributed by atoms with E-state index in [4.69, 9.17) is 10.7 Å². The first-order valence-electron chi connectivity index (χ1n) is 8.78. The minimum Gasteiger partial charge on any atom is -0.383 e. The molecule has 3 aromatic heterocycles. The molecule has 0 aliphatic heterocycles. The van der Waals surface area contributed by atoms with Crippen LogP contribution in [0.5, 0.6) is 0 Å². The summed E-state index contributed by atoms with van der Waals surface area (Å²) in [6.07, 6.45) is 6.69. The molecule has 0 saturated heterocycles. The van der Waals surface area contributed by atoms with E-state index in [-0.39, 0.29) is 0 Å². The summed E-state index contributed by atoms with van der Waals surface area (Å²) in [5.41, 5.74) is 7.74. The van der Waals surface area contributed by atoms with E-state index in [1.807, 2.05) is 6.08 Å². The number of anilines is 1. The maximum absolute atomic E-state index is 6.34. The predicted molar refractivity (Wildman–Crippen MR) is 115 cm³/mol. The average Bonchev–Trinajstić information content (AvgIpc) is 3.18. The van der Waals surface area contributed by atoms with Crippen LogP contribution in [0.3, 0.4) is 0 Å². The molecule has 0 unspecified atom stereocenters. The molecule has 0 bridgehead atoms. The summed E-state index contributed by atoms with van der Waals surface area (Å²) in [5.74, 6) is 1.44. The van der Waals surface area contributed by atoms with Gasteiger partial charge in [-0.25, -0.2) is 9.97 Å². The van der Waals surface area contributed by atoms with Crippen molar-refractivity contribution in [3.63, 3.8) is 0 Å². The van der Waals surface area contributed by atoms with E-state index in [0.29, 0.717) is 12.4 Å². The van der Waals surface area contributed by atoms with Crippen LogP contribution in [0.15, 0.2) is 28.6 Å². The second-order valence-electron chi connectivity index (χ2n) is 6.58. The number of hydrogen-bond acceptors (Lipinski definition) is 6. The molecule has 0 fully saturated rings. The Morgan fingerprint density at radius 2 is 2.04 bits per heavy atom. The van der Waals surface area contributed by atoms with Gasteiger partial charge in [0.1, 0.15) is 16.5 Å². The minimum absolute atomic E-state index is 0.641. The fourth-order valence-corrected chi connectivity index (χ4v) is 6.34. The molecule has 1 aliphatic rings. The van der Waals surface area contributed by atoms with E-state index in [2.05, 4.69) is 44.5 Å². The fraction of sp³-hybridized carbons (Fsp3) is 0.368. The standard InChI is InChI=1S/C19H21BrN4S2/c1-2-9-24(10-12-7-8-15(20)25-12)11-16-22-18(21)17-13-5-3-4-6-14(13)26-19(17)23-16/h2,7-8H,1,3-6,9-11H2,(H2,21,22,23). The molecule has 26 heavy (non-hydrogen) atoms. The van der Waals surface area contributed by atoms with E-state index >= 15 is 0 Å². The zero-order valence-corrected chi connectivity index (χ0v) is 17.7. The Labute approximate surface area is 169 Å². The number of fused-ring (bicyclic) bond motifs is 3. The van der Waals surface area contributed by atoms with E-state index in [1.165, 1.54) is 28.2 Å². The normalized spacial score (nSPS) is 14.1. The molecule has 3 aromatic rings. The van der Waals surface area contributed by atoms with E-state index < -0.39 is 0 Å². The zero-order chi connectivity index (χ0) is 18.1. The Hall–Kier alpha value is -1.28. The van der Waals surface area contributed by atoms with Gasteiger partial charge in [-0.15, -0.1) is 29.3 Å². The molecule has 3 heterocycles. The Kier molecular flexibility index (Phi) is 5.40. The number of rotatable bonds is 6. The monoisotopic (exact) mass is 448 g/mol. The number of nitrogens with two attached hydrogens (primary N) is 1. The predicted octanol–water partition coefficient (Wildman–Crippen LogP) is 5.16. The highest BCUT2D eigenvalue weighted by Gasteiger charge is 2.20. The molecule has 136 valence electrons. The van der Waals surface area contributed by atoms with Crippen LogP contribution in [0.2, 0.25) is 0 Å². The number of aryl methyl sites for hydroxylation is 2. The molecule has 0 atom stereocenters. The Morgan fingerprint density at radius 1 is 1.19 bits per heavy atom. The third kappa shape index (κ3) is 3.71.